The second-order valence-corrected chi connectivity index (χ2v) is 15.0. The van der Waals surface area contributed by atoms with Crippen molar-refractivity contribution < 1.29 is 38.2 Å². The van der Waals surface area contributed by atoms with Crippen LogP contribution in [0.5, 0.6) is 0 Å². The van der Waals surface area contributed by atoms with Crippen molar-refractivity contribution in [2.24, 2.45) is 0 Å². The molecule has 0 aliphatic rings. The van der Waals surface area contributed by atoms with Crippen LogP contribution in [-0.2, 0) is 28.6 Å². The minimum absolute atomic E-state index is 0.0182. The Morgan fingerprint density at radius 1 is 0.574 bits per heavy atom. The van der Waals surface area contributed by atoms with Crippen LogP contribution < -0.4 is 5.11 Å². The Labute approximate surface area is 330 Å². The third-order valence-corrected chi connectivity index (χ3v) is 8.95. The summed E-state index contributed by atoms with van der Waals surface area (Å²) in [4.78, 5) is 36.8. The first-order valence-electron chi connectivity index (χ1n) is 21.0. The van der Waals surface area contributed by atoms with Gasteiger partial charge in [-0.15, -0.1) is 0 Å². The van der Waals surface area contributed by atoms with E-state index in [4.69, 9.17) is 14.2 Å². The Morgan fingerprint density at radius 3 is 1.61 bits per heavy atom. The quantitative estimate of drug-likeness (QED) is 0.0206. The number of hydrogen-bond donors (Lipinski definition) is 0. The van der Waals surface area contributed by atoms with Crippen molar-refractivity contribution in [1.29, 1.82) is 0 Å². The van der Waals surface area contributed by atoms with Crippen molar-refractivity contribution in [3.05, 3.63) is 72.9 Å². The summed E-state index contributed by atoms with van der Waals surface area (Å²) < 4.78 is 17.1. The smallest absolute Gasteiger partial charge is 0.306 e. The number of ether oxygens (including phenoxy) is 3. The molecule has 2 atom stereocenters. The molecule has 0 aromatic heterocycles. The fourth-order valence-corrected chi connectivity index (χ4v) is 5.67. The Bertz CT molecular complexity index is 1110. The molecule has 0 amide bonds. The van der Waals surface area contributed by atoms with Crippen LogP contribution >= 0.6 is 0 Å². The SMILES string of the molecule is CC/C=C/C=C/C=C/C=C/C=C/CCCCCC(=O)OC(COCCC(C(=O)[O-])[N+](C)(C)C)COC(=O)CCCCCCCCC/C=C/CCCCCC. The Kier molecular flexibility index (Phi) is 34.5. The molecule has 2 unspecified atom stereocenters. The molecule has 0 aromatic rings. The van der Waals surface area contributed by atoms with E-state index < -0.39 is 18.1 Å². The normalized spacial score (nSPS) is 13.7. The lowest BCUT2D eigenvalue weighted by Gasteiger charge is -2.34. The fraction of sp³-hybridized carbons (Fsp3) is 0.674. The summed E-state index contributed by atoms with van der Waals surface area (Å²) in [5, 5.41) is 11.6. The number of carbonyl (C=O) groups is 3. The van der Waals surface area contributed by atoms with Crippen LogP contribution in [0.3, 0.4) is 0 Å². The van der Waals surface area contributed by atoms with Gasteiger partial charge in [0, 0.05) is 19.3 Å². The number of esters is 2. The highest BCUT2D eigenvalue weighted by molar-refractivity contribution is 5.70. The molecule has 0 fully saturated rings. The molecule has 0 N–H and O–H groups in total. The second kappa shape index (κ2) is 36.7. The van der Waals surface area contributed by atoms with Gasteiger partial charge in [-0.1, -0.05) is 145 Å². The predicted octanol–water partition coefficient (Wildman–Crippen LogP) is 9.85. The van der Waals surface area contributed by atoms with Gasteiger partial charge in [0.1, 0.15) is 12.6 Å². The zero-order valence-corrected chi connectivity index (χ0v) is 34.9. The van der Waals surface area contributed by atoms with Crippen LogP contribution in [0.15, 0.2) is 72.9 Å². The molecule has 0 aliphatic carbocycles. The number of carboxylic acid groups (broad SMARTS) is 1. The highest BCUT2D eigenvalue weighted by atomic mass is 16.6. The molecule has 0 aliphatic heterocycles. The summed E-state index contributed by atoms with van der Waals surface area (Å²) in [5.41, 5.74) is 0. The fourth-order valence-electron chi connectivity index (χ4n) is 5.67. The Balaban J connectivity index is 4.47. The van der Waals surface area contributed by atoms with Crippen molar-refractivity contribution in [3.63, 3.8) is 0 Å². The number of likely N-dealkylation sites (N-methyl/N-ethyl adjacent to an activating group) is 1. The van der Waals surface area contributed by atoms with Gasteiger partial charge in [0.25, 0.3) is 0 Å². The second-order valence-electron chi connectivity index (χ2n) is 15.0. The molecule has 0 saturated heterocycles. The zero-order chi connectivity index (χ0) is 40.0. The molecule has 54 heavy (non-hydrogen) atoms. The van der Waals surface area contributed by atoms with E-state index in [2.05, 4.69) is 38.2 Å². The molecular weight excluding hydrogens is 679 g/mol. The third kappa shape index (κ3) is 34.5. The average Bonchev–Trinajstić information content (AvgIpc) is 3.12. The molecule has 0 aromatic carbocycles. The Hall–Kier alpha value is -3.23. The predicted molar refractivity (Wildman–Crippen MR) is 222 cm³/mol. The molecule has 0 bridgehead atoms. The van der Waals surface area contributed by atoms with E-state index in [1.165, 1.54) is 64.2 Å². The summed E-state index contributed by atoms with van der Waals surface area (Å²) >= 11 is 0. The molecule has 0 rings (SSSR count). The van der Waals surface area contributed by atoms with Crippen LogP contribution in [0.2, 0.25) is 0 Å². The number of unbranched alkanes of at least 4 members (excludes halogenated alkanes) is 14. The van der Waals surface area contributed by atoms with Gasteiger partial charge in [0.15, 0.2) is 6.10 Å². The van der Waals surface area contributed by atoms with Gasteiger partial charge in [-0.3, -0.25) is 9.59 Å². The number of nitrogens with zero attached hydrogens (tertiary/aromatic N) is 1. The first kappa shape index (κ1) is 50.8. The number of rotatable bonds is 36. The monoisotopic (exact) mass is 756 g/mol. The largest absolute Gasteiger partial charge is 0.544 e. The molecule has 0 spiro atoms. The maximum absolute atomic E-state index is 12.7. The molecule has 0 heterocycles. The van der Waals surface area contributed by atoms with Crippen LogP contribution in [0.25, 0.3) is 0 Å². The zero-order valence-electron chi connectivity index (χ0n) is 34.9. The van der Waals surface area contributed by atoms with Gasteiger partial charge in [0.2, 0.25) is 0 Å². The highest BCUT2D eigenvalue weighted by Gasteiger charge is 2.25. The molecule has 0 radical (unpaired) electrons. The standard InChI is InChI=1S/C46H77NO7/c1-6-8-10-12-14-16-18-20-22-24-26-28-30-32-34-36-44(48)53-41-42(40-52-39-38-43(46(50)51)47(3,4)5)54-45(49)37-35-33-31-29-27-25-23-21-19-17-15-13-11-9-7-2/h9,11,13,15-19,21,23,25,27,42-43H,6-8,10,12,14,20,22,24,26,28-41H2,1-5H3/b11-9+,15-13+,18-16+,19-17+,23-21+,27-25+. The van der Waals surface area contributed by atoms with E-state index in [9.17, 15) is 19.5 Å². The van der Waals surface area contributed by atoms with Crippen molar-refractivity contribution in [2.75, 3.05) is 41.0 Å². The van der Waals surface area contributed by atoms with E-state index in [1.807, 2.05) is 48.6 Å². The average molecular weight is 756 g/mol. The van der Waals surface area contributed by atoms with Crippen LogP contribution in [0.1, 0.15) is 149 Å². The van der Waals surface area contributed by atoms with E-state index in [0.29, 0.717) is 12.8 Å². The molecular formula is C46H77NO7. The van der Waals surface area contributed by atoms with Crippen molar-refractivity contribution in [3.8, 4) is 0 Å². The number of carboxylic acids is 1. The lowest BCUT2D eigenvalue weighted by Crippen LogP contribution is -2.55. The summed E-state index contributed by atoms with van der Waals surface area (Å²) in [5.74, 6) is -1.81. The lowest BCUT2D eigenvalue weighted by atomic mass is 10.1. The summed E-state index contributed by atoms with van der Waals surface area (Å²) in [6.07, 6.45) is 44.9. The maximum atomic E-state index is 12.7. The summed E-state index contributed by atoms with van der Waals surface area (Å²) in [6, 6.07) is -0.737. The van der Waals surface area contributed by atoms with E-state index >= 15 is 0 Å². The van der Waals surface area contributed by atoms with Gasteiger partial charge in [-0.2, -0.15) is 0 Å². The van der Waals surface area contributed by atoms with Gasteiger partial charge in [0.05, 0.1) is 40.3 Å². The van der Waals surface area contributed by atoms with Crippen molar-refractivity contribution in [2.45, 2.75) is 161 Å². The van der Waals surface area contributed by atoms with Crippen LogP contribution in [-0.4, -0.2) is 75.5 Å². The molecule has 0 saturated carbocycles. The van der Waals surface area contributed by atoms with Crippen molar-refractivity contribution in [1.82, 2.24) is 0 Å². The van der Waals surface area contributed by atoms with E-state index in [-0.39, 0.29) is 49.1 Å². The Morgan fingerprint density at radius 2 is 1.06 bits per heavy atom. The number of carbonyl (C=O) groups excluding carboxylic acids is 3. The number of hydrogen-bond acceptors (Lipinski definition) is 7. The number of quaternary nitrogens is 1. The minimum atomic E-state index is -1.14. The molecule has 8 nitrogen and oxygen atoms in total. The summed E-state index contributed by atoms with van der Waals surface area (Å²) in [6.45, 7) is 4.43. The molecule has 8 heteroatoms. The van der Waals surface area contributed by atoms with E-state index in [0.717, 1.165) is 44.9 Å². The number of aliphatic carboxylic acids is 1. The first-order chi connectivity index (χ1) is 26.1. The third-order valence-electron chi connectivity index (χ3n) is 8.95. The maximum Gasteiger partial charge on any atom is 0.306 e. The van der Waals surface area contributed by atoms with E-state index in [1.54, 1.807) is 21.1 Å². The number of allylic oxidation sites excluding steroid dienone is 12. The first-order valence-corrected chi connectivity index (χ1v) is 21.0. The lowest BCUT2D eigenvalue weighted by molar-refractivity contribution is -0.889. The minimum Gasteiger partial charge on any atom is -0.544 e. The van der Waals surface area contributed by atoms with Crippen LogP contribution in [0, 0.1) is 0 Å². The van der Waals surface area contributed by atoms with Crippen molar-refractivity contribution >= 4 is 17.9 Å². The van der Waals surface area contributed by atoms with Gasteiger partial charge in [-0.25, -0.2) is 0 Å². The van der Waals surface area contributed by atoms with Crippen LogP contribution in [0.4, 0.5) is 0 Å². The topological polar surface area (TPSA) is 102 Å². The highest BCUT2D eigenvalue weighted by Crippen LogP contribution is 2.13. The summed E-state index contributed by atoms with van der Waals surface area (Å²) in [7, 11) is 5.38. The molecule has 308 valence electrons. The van der Waals surface area contributed by atoms with Gasteiger partial charge in [-0.05, 0) is 57.8 Å². The van der Waals surface area contributed by atoms with Gasteiger partial charge >= 0.3 is 11.9 Å². The van der Waals surface area contributed by atoms with Gasteiger partial charge < -0.3 is 28.6 Å².